The second-order valence-corrected chi connectivity index (χ2v) is 4.53. The monoisotopic (exact) mass is 250 g/mol. The maximum atomic E-state index is 10.9. The van der Waals surface area contributed by atoms with Crippen LogP contribution >= 0.6 is 11.3 Å². The van der Waals surface area contributed by atoms with Gasteiger partial charge in [-0.15, -0.1) is 11.3 Å². The summed E-state index contributed by atoms with van der Waals surface area (Å²) in [6.07, 6.45) is 1.22. The highest BCUT2D eigenvalue weighted by Crippen LogP contribution is 2.21. The Morgan fingerprint density at radius 1 is 1.53 bits per heavy atom. The fourth-order valence-corrected chi connectivity index (χ4v) is 2.25. The van der Waals surface area contributed by atoms with Crippen molar-refractivity contribution in [1.82, 2.24) is 4.98 Å². The van der Waals surface area contributed by atoms with Crippen LogP contribution in [0.2, 0.25) is 0 Å². The number of carbonyl (C=O) groups is 1. The Kier molecular flexibility index (Phi) is 3.93. The number of fused-ring (bicyclic) bond motifs is 1. The molecule has 0 saturated heterocycles. The highest BCUT2D eigenvalue weighted by molar-refractivity contribution is 7.16. The Labute approximate surface area is 104 Å². The molecule has 1 aromatic heterocycles. The van der Waals surface area contributed by atoms with E-state index >= 15 is 0 Å². The van der Waals surface area contributed by atoms with E-state index in [1.54, 1.807) is 11.3 Å². The summed E-state index contributed by atoms with van der Waals surface area (Å²) in [4.78, 5) is 15.1. The lowest BCUT2D eigenvalue weighted by atomic mass is 10.2. The Morgan fingerprint density at radius 2 is 2.41 bits per heavy atom. The first-order chi connectivity index (χ1) is 8.29. The quantitative estimate of drug-likeness (QED) is 0.654. The van der Waals surface area contributed by atoms with Crippen molar-refractivity contribution in [3.63, 3.8) is 0 Å². The van der Waals surface area contributed by atoms with Crippen LogP contribution in [0.3, 0.4) is 0 Å². The third kappa shape index (κ3) is 3.17. The van der Waals surface area contributed by atoms with E-state index in [2.05, 4.69) is 21.1 Å². The fraction of sp³-hybridized carbons (Fsp3) is 0.333. The lowest BCUT2D eigenvalue weighted by Crippen LogP contribution is -2.06. The van der Waals surface area contributed by atoms with Crippen LogP contribution < -0.4 is 5.32 Å². The van der Waals surface area contributed by atoms with Crippen molar-refractivity contribution in [1.29, 1.82) is 0 Å². The standard InChI is InChI=1S/C12H14N2O2S/c1-16-12(15)3-2-6-13-9-4-5-10-11(7-9)17-8-14-10/h4-5,7-8,13H,2-3,6H2,1H3. The summed E-state index contributed by atoms with van der Waals surface area (Å²) in [6.45, 7) is 0.763. The van der Waals surface area contributed by atoms with E-state index in [1.807, 2.05) is 17.6 Å². The molecule has 1 heterocycles. The van der Waals surface area contributed by atoms with Gasteiger partial charge in [0.05, 0.1) is 22.8 Å². The van der Waals surface area contributed by atoms with Gasteiger partial charge in [-0.1, -0.05) is 0 Å². The van der Waals surface area contributed by atoms with Gasteiger partial charge in [0.1, 0.15) is 0 Å². The number of ether oxygens (including phenoxy) is 1. The number of esters is 1. The summed E-state index contributed by atoms with van der Waals surface area (Å²) >= 11 is 1.62. The first-order valence-electron chi connectivity index (χ1n) is 5.43. The number of nitrogens with zero attached hydrogens (tertiary/aromatic N) is 1. The molecule has 17 heavy (non-hydrogen) atoms. The lowest BCUT2D eigenvalue weighted by molar-refractivity contribution is -0.140. The first-order valence-corrected chi connectivity index (χ1v) is 6.31. The molecule has 2 rings (SSSR count). The van der Waals surface area contributed by atoms with E-state index in [0.717, 1.165) is 24.2 Å². The molecule has 90 valence electrons. The van der Waals surface area contributed by atoms with Crippen molar-refractivity contribution in [3.8, 4) is 0 Å². The van der Waals surface area contributed by atoms with E-state index in [4.69, 9.17) is 0 Å². The number of nitrogens with one attached hydrogen (secondary N) is 1. The molecule has 0 fully saturated rings. The van der Waals surface area contributed by atoms with Gasteiger partial charge in [-0.25, -0.2) is 4.98 Å². The molecule has 0 aliphatic carbocycles. The Balaban J connectivity index is 1.84. The number of carbonyl (C=O) groups excluding carboxylic acids is 1. The maximum Gasteiger partial charge on any atom is 0.305 e. The largest absolute Gasteiger partial charge is 0.469 e. The fourth-order valence-electron chi connectivity index (χ4n) is 1.53. The summed E-state index contributed by atoms with van der Waals surface area (Å²) in [5.74, 6) is -0.162. The van der Waals surface area contributed by atoms with Crippen LogP contribution in [-0.2, 0) is 9.53 Å². The molecular formula is C12H14N2O2S. The van der Waals surface area contributed by atoms with Crippen molar-refractivity contribution in [2.45, 2.75) is 12.8 Å². The number of rotatable bonds is 5. The van der Waals surface area contributed by atoms with Crippen molar-refractivity contribution in [2.24, 2.45) is 0 Å². The van der Waals surface area contributed by atoms with Crippen molar-refractivity contribution in [3.05, 3.63) is 23.7 Å². The molecule has 4 nitrogen and oxygen atoms in total. The lowest BCUT2D eigenvalue weighted by Gasteiger charge is -2.05. The van der Waals surface area contributed by atoms with Gasteiger partial charge in [0.2, 0.25) is 0 Å². The van der Waals surface area contributed by atoms with E-state index < -0.39 is 0 Å². The molecule has 0 atom stereocenters. The van der Waals surface area contributed by atoms with Crippen LogP contribution in [0, 0.1) is 0 Å². The van der Waals surface area contributed by atoms with E-state index in [0.29, 0.717) is 6.42 Å². The molecule has 2 aromatic rings. The van der Waals surface area contributed by atoms with Gasteiger partial charge in [-0.05, 0) is 24.6 Å². The predicted molar refractivity (Wildman–Crippen MR) is 69.4 cm³/mol. The molecule has 0 bridgehead atoms. The smallest absolute Gasteiger partial charge is 0.305 e. The van der Waals surface area contributed by atoms with Gasteiger partial charge < -0.3 is 10.1 Å². The molecule has 0 spiro atoms. The second kappa shape index (κ2) is 5.63. The second-order valence-electron chi connectivity index (χ2n) is 3.64. The average molecular weight is 250 g/mol. The summed E-state index contributed by atoms with van der Waals surface area (Å²) < 4.78 is 5.75. The number of methoxy groups -OCH3 is 1. The summed E-state index contributed by atoms with van der Waals surface area (Å²) in [6, 6.07) is 6.07. The van der Waals surface area contributed by atoms with Gasteiger partial charge in [0, 0.05) is 18.7 Å². The number of benzene rings is 1. The van der Waals surface area contributed by atoms with Gasteiger partial charge in [0.25, 0.3) is 0 Å². The zero-order chi connectivity index (χ0) is 12.1. The van der Waals surface area contributed by atoms with Crippen LogP contribution in [0.4, 0.5) is 5.69 Å². The topological polar surface area (TPSA) is 51.2 Å². The minimum Gasteiger partial charge on any atom is -0.469 e. The number of hydrogen-bond donors (Lipinski definition) is 1. The Morgan fingerprint density at radius 3 is 3.24 bits per heavy atom. The van der Waals surface area contributed by atoms with Gasteiger partial charge in [0.15, 0.2) is 0 Å². The number of aromatic nitrogens is 1. The molecule has 0 amide bonds. The third-order valence-electron chi connectivity index (χ3n) is 2.45. The highest BCUT2D eigenvalue weighted by atomic mass is 32.1. The zero-order valence-electron chi connectivity index (χ0n) is 9.60. The average Bonchev–Trinajstić information content (AvgIpc) is 2.81. The van der Waals surface area contributed by atoms with Crippen LogP contribution in [0.5, 0.6) is 0 Å². The first kappa shape index (κ1) is 11.9. The molecule has 1 aromatic carbocycles. The molecule has 5 heteroatoms. The highest BCUT2D eigenvalue weighted by Gasteiger charge is 2.00. The molecule has 0 saturated carbocycles. The molecule has 1 N–H and O–H groups in total. The SMILES string of the molecule is COC(=O)CCCNc1ccc2ncsc2c1. The minimum atomic E-state index is -0.162. The number of hydrogen-bond acceptors (Lipinski definition) is 5. The van der Waals surface area contributed by atoms with Crippen molar-refractivity contribution in [2.75, 3.05) is 19.0 Å². The van der Waals surface area contributed by atoms with E-state index in [9.17, 15) is 4.79 Å². The van der Waals surface area contributed by atoms with Gasteiger partial charge in [-0.2, -0.15) is 0 Å². The third-order valence-corrected chi connectivity index (χ3v) is 3.24. The molecule has 0 unspecified atom stereocenters. The van der Waals surface area contributed by atoms with E-state index in [-0.39, 0.29) is 5.97 Å². The predicted octanol–water partition coefficient (Wildman–Crippen LogP) is 2.66. The van der Waals surface area contributed by atoms with Crippen molar-refractivity contribution < 1.29 is 9.53 Å². The molecule has 0 radical (unpaired) electrons. The van der Waals surface area contributed by atoms with Crippen molar-refractivity contribution >= 4 is 33.2 Å². The summed E-state index contributed by atoms with van der Waals surface area (Å²) in [5.41, 5.74) is 3.92. The molecule has 0 aliphatic rings. The Bertz CT molecular complexity index is 510. The summed E-state index contributed by atoms with van der Waals surface area (Å²) in [7, 11) is 1.41. The summed E-state index contributed by atoms with van der Waals surface area (Å²) in [5, 5.41) is 3.28. The normalized spacial score (nSPS) is 10.4. The zero-order valence-corrected chi connectivity index (χ0v) is 10.4. The van der Waals surface area contributed by atoms with Gasteiger partial charge in [-0.3, -0.25) is 4.79 Å². The Hall–Kier alpha value is -1.62. The van der Waals surface area contributed by atoms with Crippen LogP contribution in [0.15, 0.2) is 23.7 Å². The van der Waals surface area contributed by atoms with Crippen LogP contribution in [-0.4, -0.2) is 24.6 Å². The van der Waals surface area contributed by atoms with E-state index in [1.165, 1.54) is 11.8 Å². The maximum absolute atomic E-state index is 10.9. The van der Waals surface area contributed by atoms with Crippen LogP contribution in [0.1, 0.15) is 12.8 Å². The number of thiazole rings is 1. The minimum absolute atomic E-state index is 0.162. The van der Waals surface area contributed by atoms with Gasteiger partial charge >= 0.3 is 5.97 Å². The molecular weight excluding hydrogens is 236 g/mol. The molecule has 0 aliphatic heterocycles. The number of anilines is 1. The van der Waals surface area contributed by atoms with Crippen LogP contribution in [0.25, 0.3) is 10.2 Å².